The Bertz CT molecular complexity index is 807. The van der Waals surface area contributed by atoms with Crippen molar-refractivity contribution in [3.05, 3.63) is 71.0 Å². The van der Waals surface area contributed by atoms with Crippen molar-refractivity contribution < 1.29 is 9.21 Å². The Hall–Kier alpha value is -2.35. The summed E-state index contributed by atoms with van der Waals surface area (Å²) in [5.41, 5.74) is 3.84. The largest absolute Gasteiger partial charge is 0.461 e. The molecule has 3 rings (SSSR count). The van der Waals surface area contributed by atoms with Crippen molar-refractivity contribution in [3.8, 4) is 0 Å². The maximum Gasteiger partial charge on any atom is 0.167 e. The minimum Gasteiger partial charge on any atom is -0.461 e. The van der Waals surface area contributed by atoms with E-state index in [1.807, 2.05) is 43.3 Å². The molecule has 3 aromatic rings. The summed E-state index contributed by atoms with van der Waals surface area (Å²) in [5.74, 6) is 1.49. The Morgan fingerprint density at radius 3 is 2.45 bits per heavy atom. The van der Waals surface area contributed by atoms with Gasteiger partial charge in [0, 0.05) is 23.3 Å². The lowest BCUT2D eigenvalue weighted by molar-refractivity contribution is 0.0993. The third-order valence-electron chi connectivity index (χ3n) is 3.91. The molecule has 0 radical (unpaired) electrons. The Morgan fingerprint density at radius 2 is 1.77 bits per heavy atom. The fraction of sp³-hybridized carbons (Fsp3) is 0.250. The first-order chi connectivity index (χ1) is 10.5. The molecule has 22 heavy (non-hydrogen) atoms. The number of fused-ring (bicyclic) bond motifs is 1. The summed E-state index contributed by atoms with van der Waals surface area (Å²) in [6, 6.07) is 15.8. The number of rotatable bonds is 4. The molecule has 2 nitrogen and oxygen atoms in total. The number of ketones is 1. The molecule has 0 bridgehead atoms. The van der Waals surface area contributed by atoms with Crippen molar-refractivity contribution in [1.29, 1.82) is 0 Å². The molecule has 2 aromatic carbocycles. The number of Topliss-reactive ketones (excluding diaryl/α,β-unsaturated/α-hetero) is 1. The summed E-state index contributed by atoms with van der Waals surface area (Å²) in [7, 11) is 0. The Kier molecular flexibility index (Phi) is 3.84. The van der Waals surface area contributed by atoms with Gasteiger partial charge in [-0.05, 0) is 30.7 Å². The van der Waals surface area contributed by atoms with E-state index < -0.39 is 0 Å². The number of aryl methyl sites for hydroxylation is 1. The quantitative estimate of drug-likeness (QED) is 0.612. The number of carbonyl (C=O) groups excluding carboxylic acids is 1. The van der Waals surface area contributed by atoms with E-state index in [2.05, 4.69) is 26.0 Å². The standard InChI is InChI=1S/C20H20O2/c1-13(2)20-12-17-10-15(6-9-19(17)22-20)11-18(21)16-7-4-14(3)5-8-16/h4-10,12-13H,11H2,1-3H3. The van der Waals surface area contributed by atoms with E-state index in [0.717, 1.165) is 33.4 Å². The minimum atomic E-state index is 0.145. The molecule has 112 valence electrons. The second-order valence-corrected chi connectivity index (χ2v) is 6.14. The Labute approximate surface area is 130 Å². The van der Waals surface area contributed by atoms with Crippen LogP contribution in [0.15, 0.2) is 52.9 Å². The van der Waals surface area contributed by atoms with Crippen LogP contribution in [0.3, 0.4) is 0 Å². The molecule has 2 heteroatoms. The van der Waals surface area contributed by atoms with Crippen LogP contribution in [-0.4, -0.2) is 5.78 Å². The van der Waals surface area contributed by atoms with Crippen LogP contribution in [-0.2, 0) is 6.42 Å². The minimum absolute atomic E-state index is 0.145. The van der Waals surface area contributed by atoms with E-state index in [1.54, 1.807) is 0 Å². The van der Waals surface area contributed by atoms with E-state index in [1.165, 1.54) is 0 Å². The van der Waals surface area contributed by atoms with Crippen LogP contribution in [0.25, 0.3) is 11.0 Å². The second-order valence-electron chi connectivity index (χ2n) is 6.14. The molecule has 0 saturated carbocycles. The van der Waals surface area contributed by atoms with Crippen LogP contribution in [0.1, 0.15) is 47.0 Å². The number of carbonyl (C=O) groups is 1. The highest BCUT2D eigenvalue weighted by atomic mass is 16.3. The fourth-order valence-corrected chi connectivity index (χ4v) is 2.53. The lowest BCUT2D eigenvalue weighted by atomic mass is 10.0. The molecule has 1 aromatic heterocycles. The molecular formula is C20H20O2. The molecule has 0 fully saturated rings. The van der Waals surface area contributed by atoms with E-state index in [4.69, 9.17) is 4.42 Å². The summed E-state index contributed by atoms with van der Waals surface area (Å²) < 4.78 is 5.80. The van der Waals surface area contributed by atoms with Crippen molar-refractivity contribution in [2.24, 2.45) is 0 Å². The van der Waals surface area contributed by atoms with Crippen molar-refractivity contribution in [2.75, 3.05) is 0 Å². The third kappa shape index (κ3) is 2.96. The molecular weight excluding hydrogens is 272 g/mol. The van der Waals surface area contributed by atoms with Gasteiger partial charge in [-0.15, -0.1) is 0 Å². The fourth-order valence-electron chi connectivity index (χ4n) is 2.53. The van der Waals surface area contributed by atoms with Crippen molar-refractivity contribution in [3.63, 3.8) is 0 Å². The van der Waals surface area contributed by atoms with Gasteiger partial charge in [-0.25, -0.2) is 0 Å². The molecule has 0 amide bonds. The number of furan rings is 1. The van der Waals surface area contributed by atoms with Crippen LogP contribution < -0.4 is 0 Å². The van der Waals surface area contributed by atoms with Gasteiger partial charge < -0.3 is 4.42 Å². The van der Waals surface area contributed by atoms with Crippen LogP contribution >= 0.6 is 0 Å². The van der Waals surface area contributed by atoms with Gasteiger partial charge in [0.1, 0.15) is 11.3 Å². The van der Waals surface area contributed by atoms with Crippen LogP contribution in [0.2, 0.25) is 0 Å². The predicted octanol–water partition coefficient (Wildman–Crippen LogP) is 5.29. The molecule has 0 spiro atoms. The maximum atomic E-state index is 12.4. The zero-order valence-electron chi connectivity index (χ0n) is 13.2. The number of hydrogen-bond acceptors (Lipinski definition) is 2. The van der Waals surface area contributed by atoms with Crippen molar-refractivity contribution >= 4 is 16.8 Å². The van der Waals surface area contributed by atoms with Crippen LogP contribution in [0.4, 0.5) is 0 Å². The lowest BCUT2D eigenvalue weighted by Gasteiger charge is -2.02. The average Bonchev–Trinajstić information content (AvgIpc) is 2.91. The topological polar surface area (TPSA) is 30.2 Å². The van der Waals surface area contributed by atoms with E-state index in [-0.39, 0.29) is 5.78 Å². The van der Waals surface area contributed by atoms with Crippen molar-refractivity contribution in [2.45, 2.75) is 33.1 Å². The first-order valence-corrected chi connectivity index (χ1v) is 7.65. The van der Waals surface area contributed by atoms with Gasteiger partial charge in [-0.3, -0.25) is 4.79 Å². The van der Waals surface area contributed by atoms with Gasteiger partial charge in [0.15, 0.2) is 5.78 Å². The Balaban J connectivity index is 1.84. The van der Waals surface area contributed by atoms with Gasteiger partial charge in [0.2, 0.25) is 0 Å². The molecule has 0 aliphatic heterocycles. The SMILES string of the molecule is Cc1ccc(C(=O)Cc2ccc3oc(C(C)C)cc3c2)cc1. The number of benzene rings is 2. The highest BCUT2D eigenvalue weighted by molar-refractivity contribution is 5.98. The lowest BCUT2D eigenvalue weighted by Crippen LogP contribution is -2.03. The second kappa shape index (κ2) is 5.80. The summed E-state index contributed by atoms with van der Waals surface area (Å²) in [5, 5.41) is 1.07. The van der Waals surface area contributed by atoms with Crippen LogP contribution in [0, 0.1) is 6.92 Å². The zero-order chi connectivity index (χ0) is 15.7. The van der Waals surface area contributed by atoms with E-state index in [9.17, 15) is 4.79 Å². The van der Waals surface area contributed by atoms with Gasteiger partial charge in [-0.1, -0.05) is 49.7 Å². The normalized spacial score (nSPS) is 11.3. The van der Waals surface area contributed by atoms with Gasteiger partial charge in [0.25, 0.3) is 0 Å². The third-order valence-corrected chi connectivity index (χ3v) is 3.91. The smallest absolute Gasteiger partial charge is 0.167 e. The Morgan fingerprint density at radius 1 is 1.05 bits per heavy atom. The van der Waals surface area contributed by atoms with Crippen LogP contribution in [0.5, 0.6) is 0 Å². The maximum absolute atomic E-state index is 12.4. The van der Waals surface area contributed by atoms with E-state index >= 15 is 0 Å². The molecule has 0 aliphatic carbocycles. The average molecular weight is 292 g/mol. The summed E-state index contributed by atoms with van der Waals surface area (Å²) >= 11 is 0. The molecule has 0 N–H and O–H groups in total. The van der Waals surface area contributed by atoms with Gasteiger partial charge >= 0.3 is 0 Å². The predicted molar refractivity (Wildman–Crippen MR) is 89.5 cm³/mol. The zero-order valence-corrected chi connectivity index (χ0v) is 13.2. The summed E-state index contributed by atoms with van der Waals surface area (Å²) in [4.78, 5) is 12.4. The van der Waals surface area contributed by atoms with Gasteiger partial charge in [-0.2, -0.15) is 0 Å². The van der Waals surface area contributed by atoms with Crippen molar-refractivity contribution in [1.82, 2.24) is 0 Å². The highest BCUT2D eigenvalue weighted by Gasteiger charge is 2.10. The summed E-state index contributed by atoms with van der Waals surface area (Å²) in [6.45, 7) is 6.24. The van der Waals surface area contributed by atoms with Gasteiger partial charge in [0.05, 0.1) is 0 Å². The van der Waals surface area contributed by atoms with E-state index in [0.29, 0.717) is 12.3 Å². The molecule has 0 unspecified atom stereocenters. The first kappa shape index (κ1) is 14.6. The first-order valence-electron chi connectivity index (χ1n) is 7.65. The number of hydrogen-bond donors (Lipinski definition) is 0. The highest BCUT2D eigenvalue weighted by Crippen LogP contribution is 2.26. The molecule has 0 atom stereocenters. The molecule has 0 saturated heterocycles. The monoisotopic (exact) mass is 292 g/mol. The molecule has 1 heterocycles. The molecule has 0 aliphatic rings. The summed E-state index contributed by atoms with van der Waals surface area (Å²) in [6.07, 6.45) is 0.418.